The molecule has 0 unspecified atom stereocenters. The Morgan fingerprint density at radius 3 is 2.83 bits per heavy atom. The first-order valence-electron chi connectivity index (χ1n) is 7.40. The summed E-state index contributed by atoms with van der Waals surface area (Å²) in [6.07, 6.45) is 1.56. The molecule has 1 aromatic carbocycles. The van der Waals surface area contributed by atoms with Crippen molar-refractivity contribution in [2.45, 2.75) is 20.1 Å². The zero-order valence-electron chi connectivity index (χ0n) is 13.0. The van der Waals surface area contributed by atoms with Gasteiger partial charge in [0.2, 0.25) is 0 Å². The Hall–Kier alpha value is -2.66. The molecule has 3 aromatic rings. The average molecular weight is 346 g/mol. The van der Waals surface area contributed by atoms with Gasteiger partial charge >= 0.3 is 0 Å². The number of furan rings is 2. The smallest absolute Gasteiger partial charge is 0.287 e. The summed E-state index contributed by atoms with van der Waals surface area (Å²) in [5, 5.41) is 3.41. The lowest BCUT2D eigenvalue weighted by atomic mass is 10.2. The van der Waals surface area contributed by atoms with Crippen molar-refractivity contribution in [3.63, 3.8) is 0 Å². The van der Waals surface area contributed by atoms with Gasteiger partial charge in [0.1, 0.15) is 23.9 Å². The van der Waals surface area contributed by atoms with Crippen molar-refractivity contribution in [2.75, 3.05) is 0 Å². The molecule has 124 valence electrons. The molecule has 0 aliphatic carbocycles. The van der Waals surface area contributed by atoms with Crippen molar-refractivity contribution in [3.05, 3.63) is 76.6 Å². The number of benzene rings is 1. The molecule has 0 fully saturated rings. The highest BCUT2D eigenvalue weighted by atomic mass is 35.5. The third kappa shape index (κ3) is 4.00. The van der Waals surface area contributed by atoms with Crippen LogP contribution >= 0.6 is 11.6 Å². The largest absolute Gasteiger partial charge is 0.486 e. The third-order valence-electron chi connectivity index (χ3n) is 3.40. The van der Waals surface area contributed by atoms with Gasteiger partial charge in [0.15, 0.2) is 5.76 Å². The second-order valence-corrected chi connectivity index (χ2v) is 5.63. The van der Waals surface area contributed by atoms with Gasteiger partial charge in [-0.05, 0) is 55.0 Å². The predicted molar refractivity (Wildman–Crippen MR) is 89.1 cm³/mol. The van der Waals surface area contributed by atoms with Crippen molar-refractivity contribution in [3.8, 4) is 5.75 Å². The van der Waals surface area contributed by atoms with E-state index in [1.54, 1.807) is 42.7 Å². The van der Waals surface area contributed by atoms with E-state index >= 15 is 0 Å². The van der Waals surface area contributed by atoms with Crippen LogP contribution in [0, 0.1) is 6.92 Å². The van der Waals surface area contributed by atoms with Crippen molar-refractivity contribution < 1.29 is 18.4 Å². The van der Waals surface area contributed by atoms with E-state index in [2.05, 4.69) is 5.32 Å². The summed E-state index contributed by atoms with van der Waals surface area (Å²) in [5.74, 6) is 1.85. The van der Waals surface area contributed by atoms with E-state index in [4.69, 9.17) is 25.2 Å². The van der Waals surface area contributed by atoms with Crippen LogP contribution in [0.2, 0.25) is 5.02 Å². The number of ether oxygens (including phenoxy) is 1. The van der Waals surface area contributed by atoms with E-state index in [-0.39, 0.29) is 18.3 Å². The van der Waals surface area contributed by atoms with Crippen LogP contribution < -0.4 is 10.1 Å². The molecule has 6 heteroatoms. The van der Waals surface area contributed by atoms with Gasteiger partial charge in [0.05, 0.1) is 12.8 Å². The van der Waals surface area contributed by atoms with Crippen LogP contribution in [0.5, 0.6) is 5.75 Å². The molecule has 0 bridgehead atoms. The van der Waals surface area contributed by atoms with Crippen LogP contribution in [0.3, 0.4) is 0 Å². The highest BCUT2D eigenvalue weighted by Gasteiger charge is 2.12. The van der Waals surface area contributed by atoms with E-state index < -0.39 is 0 Å². The van der Waals surface area contributed by atoms with E-state index in [0.717, 1.165) is 5.56 Å². The lowest BCUT2D eigenvalue weighted by Gasteiger charge is -2.06. The maximum atomic E-state index is 12.0. The molecule has 1 amide bonds. The molecule has 0 saturated carbocycles. The molecule has 0 atom stereocenters. The summed E-state index contributed by atoms with van der Waals surface area (Å²) >= 11 is 5.98. The fraction of sp³-hybridized carbons (Fsp3) is 0.167. The second-order valence-electron chi connectivity index (χ2n) is 5.23. The quantitative estimate of drug-likeness (QED) is 0.721. The van der Waals surface area contributed by atoms with Crippen molar-refractivity contribution in [1.29, 1.82) is 0 Å². The van der Waals surface area contributed by atoms with Gasteiger partial charge in [-0.15, -0.1) is 0 Å². The first kappa shape index (κ1) is 16.2. The molecule has 5 nitrogen and oxygen atoms in total. The first-order chi connectivity index (χ1) is 11.6. The first-order valence-corrected chi connectivity index (χ1v) is 7.78. The lowest BCUT2D eigenvalue weighted by Crippen LogP contribution is -2.21. The number of halogens is 1. The van der Waals surface area contributed by atoms with Gasteiger partial charge in [-0.3, -0.25) is 4.79 Å². The number of carbonyl (C=O) groups is 1. The van der Waals surface area contributed by atoms with Crippen molar-refractivity contribution in [1.82, 2.24) is 5.32 Å². The Kier molecular flexibility index (Phi) is 4.91. The molecular weight excluding hydrogens is 330 g/mol. The summed E-state index contributed by atoms with van der Waals surface area (Å²) in [4.78, 5) is 12.0. The maximum absolute atomic E-state index is 12.0. The molecule has 0 aliphatic rings. The molecule has 0 saturated heterocycles. The number of nitrogens with one attached hydrogen (secondary N) is 1. The van der Waals surface area contributed by atoms with Crippen LogP contribution in [0.25, 0.3) is 0 Å². The molecule has 2 heterocycles. The maximum Gasteiger partial charge on any atom is 0.287 e. The minimum Gasteiger partial charge on any atom is -0.486 e. The number of amides is 1. The molecule has 0 radical (unpaired) electrons. The molecule has 2 aromatic heterocycles. The standard InChI is InChI=1S/C18H16ClNO4/c1-12-9-13(4-6-16(12)19)23-11-15-5-7-17(24-15)18(21)20-10-14-3-2-8-22-14/h2-9H,10-11H2,1H3,(H,20,21). The molecule has 3 rings (SSSR count). The molecular formula is C18H16ClNO4. The summed E-state index contributed by atoms with van der Waals surface area (Å²) in [7, 11) is 0. The van der Waals surface area contributed by atoms with Crippen LogP contribution in [0.4, 0.5) is 0 Å². The number of rotatable bonds is 6. The number of carbonyl (C=O) groups excluding carboxylic acids is 1. The summed E-state index contributed by atoms with van der Waals surface area (Å²) in [6, 6.07) is 12.3. The highest BCUT2D eigenvalue weighted by molar-refractivity contribution is 6.31. The van der Waals surface area contributed by atoms with Gasteiger partial charge in [-0.2, -0.15) is 0 Å². The average Bonchev–Trinajstić information content (AvgIpc) is 3.25. The fourth-order valence-corrected chi connectivity index (χ4v) is 2.22. The van der Waals surface area contributed by atoms with Crippen LogP contribution in [0.15, 0.2) is 57.6 Å². The SMILES string of the molecule is Cc1cc(OCc2ccc(C(=O)NCc3ccco3)o2)ccc1Cl. The van der Waals surface area contributed by atoms with Gasteiger partial charge < -0.3 is 18.9 Å². The summed E-state index contributed by atoms with van der Waals surface area (Å²) < 4.78 is 16.3. The van der Waals surface area contributed by atoms with E-state index in [1.165, 1.54) is 0 Å². The normalized spacial score (nSPS) is 10.6. The third-order valence-corrected chi connectivity index (χ3v) is 3.82. The zero-order valence-corrected chi connectivity index (χ0v) is 13.8. The topological polar surface area (TPSA) is 64.6 Å². The Labute approximate surface area is 144 Å². The fourth-order valence-electron chi connectivity index (χ4n) is 2.11. The van der Waals surface area contributed by atoms with Gasteiger partial charge in [-0.25, -0.2) is 0 Å². The van der Waals surface area contributed by atoms with E-state index in [0.29, 0.717) is 28.8 Å². The molecule has 0 spiro atoms. The van der Waals surface area contributed by atoms with Gasteiger partial charge in [0, 0.05) is 5.02 Å². The van der Waals surface area contributed by atoms with Gasteiger partial charge in [-0.1, -0.05) is 11.6 Å². The molecule has 24 heavy (non-hydrogen) atoms. The zero-order chi connectivity index (χ0) is 16.9. The highest BCUT2D eigenvalue weighted by Crippen LogP contribution is 2.22. The predicted octanol–water partition coefficient (Wildman–Crippen LogP) is 4.34. The Morgan fingerprint density at radius 1 is 1.21 bits per heavy atom. The van der Waals surface area contributed by atoms with Crippen molar-refractivity contribution in [2.24, 2.45) is 0 Å². The van der Waals surface area contributed by atoms with Crippen LogP contribution in [0.1, 0.15) is 27.6 Å². The molecule has 0 aliphatic heterocycles. The van der Waals surface area contributed by atoms with E-state index in [1.807, 2.05) is 13.0 Å². The van der Waals surface area contributed by atoms with Gasteiger partial charge in [0.25, 0.3) is 5.91 Å². The lowest BCUT2D eigenvalue weighted by molar-refractivity contribution is 0.0916. The number of hydrogen-bond acceptors (Lipinski definition) is 4. The van der Waals surface area contributed by atoms with E-state index in [9.17, 15) is 4.79 Å². The monoisotopic (exact) mass is 345 g/mol. The summed E-state index contributed by atoms with van der Waals surface area (Å²) in [6.45, 7) is 2.44. The minimum absolute atomic E-state index is 0.229. The molecule has 1 N–H and O–H groups in total. The minimum atomic E-state index is -0.306. The Morgan fingerprint density at radius 2 is 2.08 bits per heavy atom. The Balaban J connectivity index is 1.54. The number of hydrogen-bond donors (Lipinski definition) is 1. The second kappa shape index (κ2) is 7.27. The Bertz CT molecular complexity index is 823. The van der Waals surface area contributed by atoms with Crippen molar-refractivity contribution >= 4 is 17.5 Å². The number of aryl methyl sites for hydroxylation is 1. The van der Waals surface area contributed by atoms with Crippen LogP contribution in [-0.4, -0.2) is 5.91 Å². The summed E-state index contributed by atoms with van der Waals surface area (Å²) in [5.41, 5.74) is 0.937. The van der Waals surface area contributed by atoms with Crippen LogP contribution in [-0.2, 0) is 13.2 Å².